The molecule has 82 heavy (non-hydrogen) atoms. The summed E-state index contributed by atoms with van der Waals surface area (Å²) in [7, 11) is 0. The number of thiazole rings is 2. The number of nitrogens with one attached hydrogen (secondary N) is 3. The molecule has 5 heterocycles. The van der Waals surface area contributed by atoms with Crippen LogP contribution in [0, 0.1) is 25.2 Å². The van der Waals surface area contributed by atoms with E-state index in [0.717, 1.165) is 54.2 Å². The molecule has 4 amide bonds. The Balaban J connectivity index is 0.747. The van der Waals surface area contributed by atoms with Crippen LogP contribution in [0.1, 0.15) is 108 Å². The Labute approximate surface area is 484 Å². The summed E-state index contributed by atoms with van der Waals surface area (Å²) >= 11 is 2.98. The Morgan fingerprint density at radius 1 is 0.841 bits per heavy atom. The summed E-state index contributed by atoms with van der Waals surface area (Å²) in [5.74, 6) is -1.04. The maximum absolute atomic E-state index is 14.4. The van der Waals surface area contributed by atoms with Gasteiger partial charge in [-0.05, 0) is 132 Å². The number of β-amino-alcohol motifs (C(OH)–C–C–N with tert-alkyl or cyclic N) is 1. The molecule has 0 aliphatic carbocycles. The van der Waals surface area contributed by atoms with Crippen LogP contribution in [0.2, 0.25) is 0 Å². The quantitative estimate of drug-likeness (QED) is 0.0576. The van der Waals surface area contributed by atoms with Crippen LogP contribution >= 0.6 is 22.7 Å². The first-order valence-electron chi connectivity index (χ1n) is 27.5. The first-order valence-corrected chi connectivity index (χ1v) is 29.2. The molecule has 0 saturated carbocycles. The van der Waals surface area contributed by atoms with Gasteiger partial charge >= 0.3 is 5.97 Å². The lowest BCUT2D eigenvalue weighted by Crippen LogP contribution is -2.58. The van der Waals surface area contributed by atoms with Gasteiger partial charge in [-0.3, -0.25) is 24.5 Å². The highest BCUT2D eigenvalue weighted by Gasteiger charge is 2.45. The lowest BCUT2D eigenvalue weighted by molar-refractivity contribution is -0.144. The molecule has 2 aliphatic heterocycles. The van der Waals surface area contributed by atoms with Crippen LogP contribution in [0.15, 0.2) is 127 Å². The molecule has 18 heteroatoms. The van der Waals surface area contributed by atoms with Crippen molar-refractivity contribution in [3.8, 4) is 33.1 Å². The molecule has 5 atom stereocenters. The Morgan fingerprint density at radius 2 is 1.60 bits per heavy atom. The number of amides is 4. The predicted octanol–water partition coefficient (Wildman–Crippen LogP) is 11.3. The fourth-order valence-corrected chi connectivity index (χ4v) is 12.6. The highest BCUT2D eigenvalue weighted by atomic mass is 32.1. The van der Waals surface area contributed by atoms with E-state index in [1.54, 1.807) is 23.5 Å². The molecule has 422 valence electrons. The predicted molar refractivity (Wildman–Crippen MR) is 320 cm³/mol. The molecule has 5 N–H and O–H groups in total. The largest absolute Gasteiger partial charge is 0.476 e. The summed E-state index contributed by atoms with van der Waals surface area (Å²) in [5, 5.41) is 30.9. The number of benzene rings is 5. The van der Waals surface area contributed by atoms with E-state index in [0.29, 0.717) is 65.1 Å². The molecule has 0 spiro atoms. The molecule has 0 bridgehead atoms. The number of pyridine rings is 1. The number of ether oxygens (including phenoxy) is 1. The highest BCUT2D eigenvalue weighted by Crippen LogP contribution is 2.37. The highest BCUT2D eigenvalue weighted by molar-refractivity contribution is 7.22. The lowest BCUT2D eigenvalue weighted by atomic mass is 9.85. The van der Waals surface area contributed by atoms with Gasteiger partial charge in [-0.2, -0.15) is 0 Å². The minimum absolute atomic E-state index is 0.0232. The Bertz CT molecular complexity index is 3670. The van der Waals surface area contributed by atoms with Crippen molar-refractivity contribution in [2.45, 2.75) is 105 Å². The zero-order valence-electron chi connectivity index (χ0n) is 46.9. The summed E-state index contributed by atoms with van der Waals surface area (Å²) in [6.45, 7) is 14.2. The van der Waals surface area contributed by atoms with Gasteiger partial charge in [0.05, 0.1) is 38.4 Å². The van der Waals surface area contributed by atoms with Crippen LogP contribution in [0.5, 0.6) is 11.5 Å². The standard InChI is InChI=1S/C64H66N8O8S2/c1-36(31-55(74)69-58(64(5,6)7)61(77)72-33-44(73)32-51(72)60(76)66-38(3)41-20-22-43(23-21-41)57-39(4)65-35-81-57)30-40-18-24-45(25-19-40)80-52-16-11-13-46(37(52)2)47-26-27-54(68-56(47)62(78)79)71-29-28-42-12-10-14-48(49(42)34-71)59(75)70-63-67-50-15-8-9-17-53(50)82-63/h8-27,35-36,38,44,51,58,73H,28-34H2,1-7H3,(H,66,76)(H,69,74)(H,78,79)(H,67,70,75)/t36-,38+,44-,51+,58-/m1/s1. The molecule has 2 aliphatic rings. The number of carboxylic acids is 1. The molecule has 3 aromatic heterocycles. The molecule has 1 fully saturated rings. The van der Waals surface area contributed by atoms with Crippen molar-refractivity contribution >= 4 is 73.4 Å². The fraction of sp³-hybridized carbons (Fsp3) is 0.312. The van der Waals surface area contributed by atoms with Crippen LogP contribution in [0.3, 0.4) is 0 Å². The van der Waals surface area contributed by atoms with E-state index in [4.69, 9.17) is 9.72 Å². The number of rotatable bonds is 17. The summed E-state index contributed by atoms with van der Waals surface area (Å²) in [4.78, 5) is 86.7. The minimum atomic E-state index is -1.18. The number of likely N-dealkylation sites (tertiary alicyclic amines) is 1. The molecule has 0 unspecified atom stereocenters. The second kappa shape index (κ2) is 24.0. The number of hydrogen-bond acceptors (Lipinski definition) is 13. The lowest BCUT2D eigenvalue weighted by Gasteiger charge is -2.35. The topological polar surface area (TPSA) is 216 Å². The third-order valence-corrected chi connectivity index (χ3v) is 17.3. The number of carboxylic acid groups (broad SMARTS) is 1. The summed E-state index contributed by atoms with van der Waals surface area (Å²) in [5.41, 5.74) is 9.93. The number of carbonyl (C=O) groups excluding carboxylic acids is 4. The van der Waals surface area contributed by atoms with Crippen LogP contribution in [0.25, 0.3) is 31.8 Å². The zero-order chi connectivity index (χ0) is 58.0. The van der Waals surface area contributed by atoms with Crippen molar-refractivity contribution in [3.05, 3.63) is 172 Å². The van der Waals surface area contributed by atoms with E-state index in [9.17, 15) is 34.2 Å². The molecule has 10 rings (SSSR count). The summed E-state index contributed by atoms with van der Waals surface area (Å²) in [6.07, 6.45) is 0.542. The van der Waals surface area contributed by atoms with Crippen molar-refractivity contribution in [1.29, 1.82) is 0 Å². The minimum Gasteiger partial charge on any atom is -0.476 e. The SMILES string of the molecule is Cc1ncsc1-c1ccc([C@H](C)NC(=O)[C@@H]2C[C@@H](O)CN2C(=O)[C@@H](NC(=O)C[C@H](C)Cc2ccc(Oc3cccc(-c4ccc(N5CCc6cccc(C(=O)Nc7nc8ccccc8s7)c6C5)nc4C(=O)O)c3C)cc2)C(C)(C)C)cc1. The molecule has 8 aromatic rings. The Morgan fingerprint density at radius 3 is 2.32 bits per heavy atom. The van der Waals surface area contributed by atoms with Gasteiger partial charge in [0.2, 0.25) is 17.7 Å². The smallest absolute Gasteiger partial charge is 0.355 e. The van der Waals surface area contributed by atoms with Crippen molar-refractivity contribution in [2.75, 3.05) is 23.3 Å². The van der Waals surface area contributed by atoms with Crippen molar-refractivity contribution in [2.24, 2.45) is 11.3 Å². The number of nitrogens with zero attached hydrogens (tertiary/aromatic N) is 5. The summed E-state index contributed by atoms with van der Waals surface area (Å²) in [6, 6.07) is 35.8. The van der Waals surface area contributed by atoms with Gasteiger partial charge in [0.1, 0.15) is 29.4 Å². The van der Waals surface area contributed by atoms with E-state index < -0.39 is 35.5 Å². The van der Waals surface area contributed by atoms with E-state index in [1.165, 1.54) is 16.2 Å². The van der Waals surface area contributed by atoms with Crippen molar-refractivity contribution in [3.63, 3.8) is 0 Å². The van der Waals surface area contributed by atoms with Gasteiger partial charge < -0.3 is 35.4 Å². The Kier molecular flexibility index (Phi) is 16.7. The fourth-order valence-electron chi connectivity index (χ4n) is 10.9. The third-order valence-electron chi connectivity index (χ3n) is 15.3. The number of hydrogen-bond donors (Lipinski definition) is 5. The number of aromatic carboxylic acids is 1. The van der Waals surface area contributed by atoms with Crippen molar-refractivity contribution < 1.29 is 38.9 Å². The molecule has 5 aromatic carbocycles. The van der Waals surface area contributed by atoms with Gasteiger partial charge in [-0.1, -0.05) is 112 Å². The van der Waals surface area contributed by atoms with E-state index in [2.05, 4.69) is 25.9 Å². The number of aliphatic hydroxyl groups excluding tert-OH is 1. The third kappa shape index (κ3) is 12.6. The number of para-hydroxylation sites is 1. The second-order valence-corrected chi connectivity index (χ2v) is 24.4. The number of fused-ring (bicyclic) bond motifs is 2. The molecule has 16 nitrogen and oxygen atoms in total. The maximum atomic E-state index is 14.4. The number of aryl methyl sites for hydroxylation is 1. The molecule has 0 radical (unpaired) electrons. The van der Waals surface area contributed by atoms with Crippen LogP contribution in [-0.2, 0) is 33.8 Å². The zero-order valence-corrected chi connectivity index (χ0v) is 48.5. The number of carbonyl (C=O) groups is 5. The van der Waals surface area contributed by atoms with Crippen LogP contribution in [0.4, 0.5) is 10.9 Å². The van der Waals surface area contributed by atoms with Gasteiger partial charge in [-0.25, -0.2) is 19.7 Å². The Hall–Kier alpha value is -8.32. The van der Waals surface area contributed by atoms with Gasteiger partial charge in [0.15, 0.2) is 10.8 Å². The van der Waals surface area contributed by atoms with E-state index >= 15 is 0 Å². The van der Waals surface area contributed by atoms with Gasteiger partial charge in [0, 0.05) is 43.6 Å². The average Bonchev–Trinajstić information content (AvgIpc) is 4.32. The summed E-state index contributed by atoms with van der Waals surface area (Å²) < 4.78 is 7.38. The number of anilines is 2. The average molecular weight is 1140 g/mol. The van der Waals surface area contributed by atoms with Crippen LogP contribution < -0.4 is 25.6 Å². The van der Waals surface area contributed by atoms with Crippen LogP contribution in [-0.4, -0.2) is 90.9 Å². The second-order valence-electron chi connectivity index (χ2n) is 22.5. The van der Waals surface area contributed by atoms with E-state index in [-0.39, 0.29) is 54.8 Å². The number of aliphatic hydroxyl groups is 1. The van der Waals surface area contributed by atoms with Gasteiger partial charge in [0.25, 0.3) is 5.91 Å². The first kappa shape index (κ1) is 56.9. The van der Waals surface area contributed by atoms with E-state index in [1.807, 2.05) is 168 Å². The molecular weight excluding hydrogens is 1070 g/mol. The normalized spacial score (nSPS) is 16.2. The number of aromatic nitrogens is 3. The van der Waals surface area contributed by atoms with Crippen molar-refractivity contribution in [1.82, 2.24) is 30.5 Å². The first-order chi connectivity index (χ1) is 39.3. The van der Waals surface area contributed by atoms with Gasteiger partial charge in [-0.15, -0.1) is 11.3 Å². The monoisotopic (exact) mass is 1140 g/mol. The molecular formula is C64H66N8O8S2. The maximum Gasteiger partial charge on any atom is 0.355 e. The molecule has 1 saturated heterocycles.